The van der Waals surface area contributed by atoms with E-state index in [4.69, 9.17) is 9.72 Å². The summed E-state index contributed by atoms with van der Waals surface area (Å²) in [6.07, 6.45) is 7.37. The van der Waals surface area contributed by atoms with Gasteiger partial charge >= 0.3 is 5.97 Å². The normalized spacial score (nSPS) is 15.4. The minimum absolute atomic E-state index is 0.299. The quantitative estimate of drug-likeness (QED) is 0.573. The van der Waals surface area contributed by atoms with Crippen molar-refractivity contribution in [3.63, 3.8) is 0 Å². The third kappa shape index (κ3) is 3.22. The number of aromatic nitrogens is 3. The van der Waals surface area contributed by atoms with Crippen molar-refractivity contribution in [3.05, 3.63) is 17.5 Å². The number of hydrogen-bond acceptors (Lipinski definition) is 5. The molecule has 0 fully saturated rings. The van der Waals surface area contributed by atoms with Crippen LogP contribution < -0.4 is 5.32 Å². The van der Waals surface area contributed by atoms with Gasteiger partial charge in [0.2, 0.25) is 0 Å². The highest BCUT2D eigenvalue weighted by Gasteiger charge is 2.42. The molecule has 0 saturated carbocycles. The average Bonchev–Trinajstić information content (AvgIpc) is 3.07. The molecule has 0 atom stereocenters. The van der Waals surface area contributed by atoms with Crippen molar-refractivity contribution in [2.24, 2.45) is 0 Å². The molecule has 6 nitrogen and oxygen atoms in total. The second-order valence-electron chi connectivity index (χ2n) is 7.20. The summed E-state index contributed by atoms with van der Waals surface area (Å²) in [5.41, 5.74) is 2.23. The molecular weight excluding hydrogens is 316 g/mol. The number of cyclic esters (lactones) is 1. The Morgan fingerprint density at radius 1 is 1.20 bits per heavy atom. The zero-order valence-electron chi connectivity index (χ0n) is 15.7. The first kappa shape index (κ1) is 17.7. The number of aryl methyl sites for hydroxylation is 1. The van der Waals surface area contributed by atoms with Gasteiger partial charge in [-0.25, -0.2) is 14.5 Å². The number of fused-ring (bicyclic) bond motifs is 2. The van der Waals surface area contributed by atoms with E-state index in [0.29, 0.717) is 11.3 Å². The molecule has 136 valence electrons. The summed E-state index contributed by atoms with van der Waals surface area (Å²) >= 11 is 0. The highest BCUT2D eigenvalue weighted by Crippen LogP contribution is 2.41. The van der Waals surface area contributed by atoms with Crippen LogP contribution in [-0.2, 0) is 16.9 Å². The van der Waals surface area contributed by atoms with Crippen LogP contribution in [0.15, 0.2) is 6.20 Å². The van der Waals surface area contributed by atoms with Gasteiger partial charge in [0.1, 0.15) is 16.9 Å². The van der Waals surface area contributed by atoms with Crippen LogP contribution in [0.5, 0.6) is 0 Å². The lowest BCUT2D eigenvalue weighted by atomic mass is 10.00. The number of nitrogens with zero attached hydrogens (tertiary/aromatic N) is 3. The van der Waals surface area contributed by atoms with Crippen LogP contribution in [0, 0.1) is 0 Å². The Kier molecular flexibility index (Phi) is 4.97. The second kappa shape index (κ2) is 7.02. The Balaban J connectivity index is 2.09. The van der Waals surface area contributed by atoms with E-state index in [1.165, 1.54) is 12.8 Å². The number of carbonyl (C=O) groups excluding carboxylic acids is 1. The molecular formula is C19H28N4O2. The Hall–Kier alpha value is -2.11. The van der Waals surface area contributed by atoms with Gasteiger partial charge in [0.25, 0.3) is 0 Å². The van der Waals surface area contributed by atoms with Gasteiger partial charge in [-0.2, -0.15) is 5.10 Å². The van der Waals surface area contributed by atoms with Crippen LogP contribution in [-0.4, -0.2) is 27.3 Å². The molecule has 0 spiro atoms. The van der Waals surface area contributed by atoms with Crippen molar-refractivity contribution < 1.29 is 9.53 Å². The fourth-order valence-electron chi connectivity index (χ4n) is 3.30. The zero-order valence-corrected chi connectivity index (χ0v) is 15.7. The van der Waals surface area contributed by atoms with E-state index in [1.807, 2.05) is 24.7 Å². The zero-order chi connectivity index (χ0) is 18.0. The summed E-state index contributed by atoms with van der Waals surface area (Å²) in [4.78, 5) is 17.3. The molecule has 3 rings (SSSR count). The van der Waals surface area contributed by atoms with E-state index in [-0.39, 0.29) is 5.97 Å². The smallest absolute Gasteiger partial charge is 0.343 e. The lowest BCUT2D eigenvalue weighted by molar-refractivity contribution is 0.00839. The monoisotopic (exact) mass is 344 g/mol. The molecule has 2 aromatic heterocycles. The molecule has 0 aliphatic carbocycles. The average molecular weight is 344 g/mol. The standard InChI is InChI=1S/C19H28N4O2/c1-5-7-9-11-23-17-13(12-21-23)15(20-10-8-6-2)14-16(22-17)19(3,4)25-18(14)24/h12H,5-11H2,1-4H3,(H,20,22). The summed E-state index contributed by atoms with van der Waals surface area (Å²) in [7, 11) is 0. The number of rotatable bonds is 8. The number of hydrogen-bond donors (Lipinski definition) is 1. The predicted molar refractivity (Wildman–Crippen MR) is 98.9 cm³/mol. The maximum absolute atomic E-state index is 12.5. The van der Waals surface area contributed by atoms with Gasteiger partial charge in [-0.1, -0.05) is 33.1 Å². The van der Waals surface area contributed by atoms with Gasteiger partial charge in [0.15, 0.2) is 5.65 Å². The molecule has 0 bridgehead atoms. The Bertz CT molecular complexity index is 779. The third-order valence-electron chi connectivity index (χ3n) is 4.71. The van der Waals surface area contributed by atoms with Crippen LogP contribution in [0.1, 0.15) is 75.9 Å². The highest BCUT2D eigenvalue weighted by molar-refractivity contribution is 6.07. The molecule has 0 aromatic carbocycles. The van der Waals surface area contributed by atoms with E-state index in [2.05, 4.69) is 24.3 Å². The SMILES string of the molecule is CCCCCn1ncc2c(NCCCC)c3c(nc21)C(C)(C)OC3=O. The molecule has 1 N–H and O–H groups in total. The van der Waals surface area contributed by atoms with Gasteiger partial charge in [0, 0.05) is 13.1 Å². The Morgan fingerprint density at radius 2 is 1.96 bits per heavy atom. The van der Waals surface area contributed by atoms with E-state index in [0.717, 1.165) is 49.1 Å². The van der Waals surface area contributed by atoms with Gasteiger partial charge in [0.05, 0.1) is 17.3 Å². The minimum Gasteiger partial charge on any atom is -0.449 e. The van der Waals surface area contributed by atoms with Gasteiger partial charge < -0.3 is 10.1 Å². The van der Waals surface area contributed by atoms with Crippen LogP contribution in [0.4, 0.5) is 5.69 Å². The molecule has 1 aliphatic heterocycles. The van der Waals surface area contributed by atoms with Gasteiger partial charge in [-0.05, 0) is 26.7 Å². The number of anilines is 1. The molecule has 25 heavy (non-hydrogen) atoms. The maximum atomic E-state index is 12.5. The van der Waals surface area contributed by atoms with E-state index >= 15 is 0 Å². The Morgan fingerprint density at radius 3 is 2.68 bits per heavy atom. The van der Waals surface area contributed by atoms with E-state index < -0.39 is 5.60 Å². The van der Waals surface area contributed by atoms with Crippen molar-refractivity contribution in [3.8, 4) is 0 Å². The largest absolute Gasteiger partial charge is 0.449 e. The number of ether oxygens (including phenoxy) is 1. The summed E-state index contributed by atoms with van der Waals surface area (Å²) in [6, 6.07) is 0. The fraction of sp³-hybridized carbons (Fsp3) is 0.632. The number of nitrogens with one attached hydrogen (secondary N) is 1. The van der Waals surface area contributed by atoms with Crippen molar-refractivity contribution >= 4 is 22.7 Å². The first-order valence-corrected chi connectivity index (χ1v) is 9.36. The minimum atomic E-state index is -0.708. The lowest BCUT2D eigenvalue weighted by Crippen LogP contribution is -2.18. The summed E-state index contributed by atoms with van der Waals surface area (Å²) in [5, 5.41) is 8.88. The van der Waals surface area contributed by atoms with Crippen LogP contribution in [0.3, 0.4) is 0 Å². The van der Waals surface area contributed by atoms with Crippen LogP contribution in [0.2, 0.25) is 0 Å². The molecule has 3 heterocycles. The van der Waals surface area contributed by atoms with Crippen molar-refractivity contribution in [2.75, 3.05) is 11.9 Å². The Labute approximate surface area is 149 Å². The topological polar surface area (TPSA) is 69.0 Å². The van der Waals surface area contributed by atoms with Gasteiger partial charge in [-0.3, -0.25) is 0 Å². The fourth-order valence-corrected chi connectivity index (χ4v) is 3.30. The summed E-state index contributed by atoms with van der Waals surface area (Å²) in [6.45, 7) is 9.78. The van der Waals surface area contributed by atoms with Gasteiger partial charge in [-0.15, -0.1) is 0 Å². The van der Waals surface area contributed by atoms with E-state index in [1.54, 1.807) is 0 Å². The number of pyridine rings is 1. The number of unbranched alkanes of at least 4 members (excludes halogenated alkanes) is 3. The van der Waals surface area contributed by atoms with Crippen LogP contribution >= 0.6 is 0 Å². The first-order chi connectivity index (χ1) is 12.0. The number of esters is 1. The molecule has 0 radical (unpaired) electrons. The van der Waals surface area contributed by atoms with Crippen molar-refractivity contribution in [1.82, 2.24) is 14.8 Å². The van der Waals surface area contributed by atoms with Crippen molar-refractivity contribution in [2.45, 2.75) is 71.9 Å². The molecule has 0 saturated heterocycles. The number of carbonyl (C=O) groups is 1. The predicted octanol–water partition coefficient (Wildman–Crippen LogP) is 4.24. The third-order valence-corrected chi connectivity index (χ3v) is 4.71. The van der Waals surface area contributed by atoms with E-state index in [9.17, 15) is 4.79 Å². The maximum Gasteiger partial charge on any atom is 0.343 e. The summed E-state index contributed by atoms with van der Waals surface area (Å²) < 4.78 is 7.53. The highest BCUT2D eigenvalue weighted by atomic mass is 16.6. The molecule has 2 aromatic rings. The first-order valence-electron chi connectivity index (χ1n) is 9.36. The molecule has 6 heteroatoms. The van der Waals surface area contributed by atoms with Crippen molar-refractivity contribution in [1.29, 1.82) is 0 Å². The van der Waals surface area contributed by atoms with Crippen LogP contribution in [0.25, 0.3) is 11.0 Å². The molecule has 0 unspecified atom stereocenters. The molecule has 0 amide bonds. The second-order valence-corrected chi connectivity index (χ2v) is 7.20. The molecule has 1 aliphatic rings. The summed E-state index contributed by atoms with van der Waals surface area (Å²) in [5.74, 6) is -0.299. The lowest BCUT2D eigenvalue weighted by Gasteiger charge is -2.17.